The van der Waals surface area contributed by atoms with Crippen molar-refractivity contribution in [3.63, 3.8) is 0 Å². The zero-order chi connectivity index (χ0) is 94.8. The van der Waals surface area contributed by atoms with Gasteiger partial charge in [0.25, 0.3) is 0 Å². The van der Waals surface area contributed by atoms with Crippen LogP contribution in [0.2, 0.25) is 0 Å². The van der Waals surface area contributed by atoms with Gasteiger partial charge in [0.05, 0.1) is 137 Å². The zero-order valence-electron chi connectivity index (χ0n) is 76.2. The fraction of sp³-hybridized carbons (Fsp3) is 0.663. The van der Waals surface area contributed by atoms with E-state index in [1.807, 2.05) is 65.8 Å². The number of alkyl halides is 2. The number of aryl methyl sites for hydroxylation is 1. The van der Waals surface area contributed by atoms with Gasteiger partial charge in [0, 0.05) is 83.9 Å². The van der Waals surface area contributed by atoms with E-state index in [1.54, 1.807) is 35.1 Å². The van der Waals surface area contributed by atoms with E-state index < -0.39 is 78.5 Å². The number of nitrogens with one attached hydrogen (secondary N) is 10. The Hall–Kier alpha value is -8.73. The van der Waals surface area contributed by atoms with Gasteiger partial charge in [-0.15, -0.1) is 11.5 Å². The summed E-state index contributed by atoms with van der Waals surface area (Å²) in [4.78, 5) is 151. The summed E-state index contributed by atoms with van der Waals surface area (Å²) in [5, 5.41) is 30.4. The minimum absolute atomic E-state index is 0.0172. The molecule has 0 aliphatic carbocycles. The van der Waals surface area contributed by atoms with Gasteiger partial charge in [-0.25, -0.2) is 14.3 Å². The first-order chi connectivity index (χ1) is 61.6. The molecule has 0 aliphatic heterocycles. The summed E-state index contributed by atoms with van der Waals surface area (Å²) in [6.45, 7) is 18.6. The predicted octanol–water partition coefficient (Wildman–Crippen LogP) is 3.49. The van der Waals surface area contributed by atoms with E-state index in [0.29, 0.717) is 171 Å². The fourth-order valence-corrected chi connectivity index (χ4v) is 12.8. The van der Waals surface area contributed by atoms with Crippen molar-refractivity contribution in [3.8, 4) is 12.3 Å². The van der Waals surface area contributed by atoms with E-state index >= 15 is 0 Å². The van der Waals surface area contributed by atoms with Gasteiger partial charge in [0.1, 0.15) is 30.4 Å². The van der Waals surface area contributed by atoms with Crippen LogP contribution in [0.3, 0.4) is 0 Å². The van der Waals surface area contributed by atoms with E-state index in [9.17, 15) is 57.5 Å². The first-order valence-electron chi connectivity index (χ1n) is 42.7. The number of Topliss-reactive ketones (excluding diaryl/α,β-unsaturated/α-hetero) is 3. The van der Waals surface area contributed by atoms with E-state index in [-0.39, 0.29) is 175 Å². The zero-order valence-corrected chi connectivity index (χ0v) is 78.5. The molecule has 43 heteroatoms. The number of primary amides is 2. The number of halogens is 2. The van der Waals surface area contributed by atoms with Crippen LogP contribution in [0.5, 0.6) is 0 Å². The van der Waals surface area contributed by atoms with Gasteiger partial charge in [-0.05, 0) is 37.5 Å². The SMILES string of the molecule is C#CCNC(=O)COC.[2H]I(CC)NC(=O)COCCc1ccc(NC(=O)[C@H](CCCNC(N)=O)CC(=O)[C@@H](NC(=O)CCOCCOCCOCCOCCN=[N+]=N)C(C)C)cc1.[2H]I(CC)NC(=O)COCCc1ccc(NC(=O)[C@H](CCCNC(N)=O)CC(=O)[C@@H](NC(=O)CCOCCOCCOCCOCCn2cc(CCC(=O)COC)nn2)C(C)C)cc1. The molecule has 712 valence electrons. The normalized spacial score (nSPS) is 12.2. The number of terminal acetylenes is 1. The van der Waals surface area contributed by atoms with Crippen LogP contribution in [0.25, 0.3) is 0 Å². The number of urea groups is 2. The molecule has 0 spiro atoms. The average molecular weight is 2010 g/mol. The summed E-state index contributed by atoms with van der Waals surface area (Å²) in [6.07, 6.45) is 9.81. The Kier molecular flexibility index (Phi) is 68.5. The molecule has 0 fully saturated rings. The molecule has 0 aliphatic rings. The van der Waals surface area contributed by atoms with E-state index in [1.165, 1.54) is 14.2 Å². The van der Waals surface area contributed by atoms with E-state index in [0.717, 1.165) is 16.8 Å². The Labute approximate surface area is 761 Å². The number of hydrogen-bond donors (Lipinski definition) is 12. The van der Waals surface area contributed by atoms with Crippen LogP contribution in [-0.4, -0.2) is 294 Å². The number of ether oxygens (including phenoxy) is 12. The third kappa shape index (κ3) is 64.1. The molecule has 0 radical (unpaired) electrons. The van der Waals surface area contributed by atoms with Crippen molar-refractivity contribution in [1.82, 2.24) is 53.5 Å². The number of carbonyl (C=O) groups is 12. The molecule has 0 bridgehead atoms. The molecular formula is C83H138I2N17O24+. The molecule has 0 saturated carbocycles. The Balaban J connectivity index is 0.00000118. The maximum absolute atomic E-state index is 13.6. The number of nitrogens with zero attached hydrogens (tertiary/aromatic N) is 5. The second kappa shape index (κ2) is 77.4. The monoisotopic (exact) mass is 2010 g/mol. The van der Waals surface area contributed by atoms with Crippen molar-refractivity contribution in [3.05, 3.63) is 71.5 Å². The summed E-state index contributed by atoms with van der Waals surface area (Å²) in [5.74, 6) is -2.45. The second-order valence-electron chi connectivity index (χ2n) is 28.2. The predicted molar refractivity (Wildman–Crippen MR) is 488 cm³/mol. The molecule has 41 nitrogen and oxygen atoms in total. The number of hydrogen-bond acceptors (Lipinski definition) is 28. The Morgan fingerprint density at radius 2 is 0.921 bits per heavy atom. The number of aromatic nitrogens is 3. The van der Waals surface area contributed by atoms with Crippen molar-refractivity contribution >= 4 is 125 Å². The van der Waals surface area contributed by atoms with Crippen LogP contribution in [-0.2, 0) is 131 Å². The Bertz CT molecular complexity index is 3730. The van der Waals surface area contributed by atoms with Gasteiger partial charge < -0.3 is 85.4 Å². The van der Waals surface area contributed by atoms with Gasteiger partial charge in [-0.3, -0.25) is 38.4 Å². The number of rotatable bonds is 74. The van der Waals surface area contributed by atoms with Crippen LogP contribution in [0.1, 0.15) is 116 Å². The molecule has 3 aromatic rings. The molecule has 3 rings (SSSR count). The number of anilines is 2. The van der Waals surface area contributed by atoms with Gasteiger partial charge in [-0.2, -0.15) is 0 Å². The first kappa shape index (κ1) is 111. The molecular weight excluding hydrogens is 1870 g/mol. The molecule has 126 heavy (non-hydrogen) atoms. The summed E-state index contributed by atoms with van der Waals surface area (Å²) in [6, 6.07) is 11.3. The van der Waals surface area contributed by atoms with Crippen LogP contribution in [0, 0.1) is 41.5 Å². The molecule has 1 aromatic heterocycles. The van der Waals surface area contributed by atoms with Crippen molar-refractivity contribution in [2.45, 2.75) is 137 Å². The molecule has 0 unspecified atom stereocenters. The van der Waals surface area contributed by atoms with E-state index in [4.69, 9.17) is 76.7 Å². The first-order valence-corrected chi connectivity index (χ1v) is 47.1. The van der Waals surface area contributed by atoms with Crippen LogP contribution in [0.4, 0.5) is 21.0 Å². The average Bonchev–Trinajstić information content (AvgIpc) is 1.12. The third-order valence-corrected chi connectivity index (χ3v) is 20.7. The maximum atomic E-state index is 13.6. The summed E-state index contributed by atoms with van der Waals surface area (Å²) >= 11 is -4.27. The standard InChI is InChI=1S/C42H69IN8O12.C35H59IN8O10.C6H9NO2/c1-5-43-48-39(55)30-63-18-14-32-8-10-34(11-9-32)46-41(56)33(7-6-16-45-42(44)57)27-37(53)40(31(2)3)47-38(54)15-19-59-21-23-61-25-26-62-24-22-60-20-17-51-28-35(49-50-51)12-13-36(52)29-58-4;1-4-36-43-32(47)25-54-15-11-27-7-9-29(10-8-27)41-34(48)28(6-5-13-39-35(37)49)24-30(45)33(26(2)3)42-31(46)12-16-50-18-20-52-22-23-53-21-19-51-17-14-40-44-38;1-3-4-7-6(8)5-9-2/h8-11,28,31,33,40,43H,5-7,12-27,29-30H2,1-4H3,(H,46,56)(H,47,54)(H,48,55)(H3,44,45,57);7-10,26,28,33,36,38H,4-6,11-25H2,1-3H3,(H5-,37,39,41,42,43,46,47,48,49);1H,4-5H2,2H3,(H,7,8)/p+1/t33-,40+;28-,33+;/m11./s1/i43D;36D;. The van der Waals surface area contributed by atoms with Crippen molar-refractivity contribution < 1.29 is 114 Å². The van der Waals surface area contributed by atoms with Gasteiger partial charge in [0.15, 0.2) is 17.3 Å². The minimum atomic E-state index is -2.14. The number of amides is 11. The van der Waals surface area contributed by atoms with Crippen LogP contribution >= 0.6 is 42.6 Å². The van der Waals surface area contributed by atoms with Gasteiger partial charge in [0.2, 0.25) is 22.6 Å². The Morgan fingerprint density at radius 3 is 1.30 bits per heavy atom. The number of methoxy groups -OCH3 is 2. The molecule has 2 aromatic carbocycles. The molecule has 14 N–H and O–H groups in total. The summed E-state index contributed by atoms with van der Waals surface area (Å²) in [5.41, 5.74) is 20.6. The van der Waals surface area contributed by atoms with Crippen LogP contribution in [0.15, 0.2) is 59.8 Å². The number of nitrogens with two attached hydrogens (primary N) is 2. The summed E-state index contributed by atoms with van der Waals surface area (Å²) < 4.78 is 87.9. The van der Waals surface area contributed by atoms with E-state index in [2.05, 4.69) is 75.3 Å². The number of carbonyl (C=O) groups excluding carboxylic acids is 12. The van der Waals surface area contributed by atoms with Crippen molar-refractivity contribution in [2.75, 3.05) is 205 Å². The van der Waals surface area contributed by atoms with Crippen molar-refractivity contribution in [1.29, 1.82) is 6.72 Å². The van der Waals surface area contributed by atoms with Gasteiger partial charge >= 0.3 is 249 Å². The number of benzene rings is 2. The molecule has 11 amide bonds. The molecule has 1 heterocycles. The molecule has 4 atom stereocenters. The van der Waals surface area contributed by atoms with Gasteiger partial charge in [-0.1, -0.05) is 38.8 Å². The topological polar surface area (TPSA) is 557 Å². The quantitative estimate of drug-likeness (QED) is 0.00732. The fourth-order valence-electron chi connectivity index (χ4n) is 10.8. The third-order valence-electron chi connectivity index (χ3n) is 17.2. The molecule has 0 saturated heterocycles. The second-order valence-corrected chi connectivity index (χ2v) is 33.9. The summed E-state index contributed by atoms with van der Waals surface area (Å²) in [7, 11) is 2.94. The Morgan fingerprint density at radius 1 is 0.516 bits per heavy atom. The van der Waals surface area contributed by atoms with Crippen molar-refractivity contribution in [2.24, 2.45) is 40.3 Å². The van der Waals surface area contributed by atoms with Crippen LogP contribution < -0.4 is 60.7 Å². The number of ketones is 3.